The molecule has 1 unspecified atom stereocenters. The van der Waals surface area contributed by atoms with E-state index in [0.29, 0.717) is 0 Å². The van der Waals surface area contributed by atoms with Crippen LogP contribution in [0.2, 0.25) is 0 Å². The average molecular weight is 191 g/mol. The van der Waals surface area contributed by atoms with E-state index >= 15 is 0 Å². The number of likely N-dealkylation sites (N-methyl/N-ethyl adjacent to an activating group) is 1. The molecule has 0 aromatic heterocycles. The minimum absolute atomic E-state index is 0.186. The predicted octanol–water partition coefficient (Wildman–Crippen LogP) is 1.35. The molecule has 0 amide bonds. The summed E-state index contributed by atoms with van der Waals surface area (Å²) in [6, 6.07) is 0. The molecule has 2 N–H and O–H groups in total. The van der Waals surface area contributed by atoms with Gasteiger partial charge in [0.05, 0.1) is 6.10 Å². The summed E-state index contributed by atoms with van der Waals surface area (Å²) >= 11 is 1.83. The van der Waals surface area contributed by atoms with E-state index < -0.39 is 0 Å². The highest BCUT2D eigenvalue weighted by Gasteiger charge is 2.03. The number of hydrogen-bond acceptors (Lipinski definition) is 3. The highest BCUT2D eigenvalue weighted by molar-refractivity contribution is 7.99. The van der Waals surface area contributed by atoms with Crippen molar-refractivity contribution in [3.05, 3.63) is 0 Å². The molecule has 1 atom stereocenters. The molecule has 0 radical (unpaired) electrons. The summed E-state index contributed by atoms with van der Waals surface area (Å²) in [7, 11) is 0. The zero-order chi connectivity index (χ0) is 9.40. The molecule has 3 heteroatoms. The van der Waals surface area contributed by atoms with Crippen LogP contribution in [0.1, 0.15) is 20.8 Å². The van der Waals surface area contributed by atoms with Gasteiger partial charge in [-0.3, -0.25) is 0 Å². The van der Waals surface area contributed by atoms with Crippen molar-refractivity contribution >= 4 is 11.8 Å². The Hall–Kier alpha value is 0.270. The minimum atomic E-state index is -0.186. The molecule has 0 aromatic rings. The third-order valence-electron chi connectivity index (χ3n) is 1.39. The van der Waals surface area contributed by atoms with E-state index in [4.69, 9.17) is 0 Å². The van der Waals surface area contributed by atoms with Crippen LogP contribution in [0.4, 0.5) is 0 Å². The van der Waals surface area contributed by atoms with Gasteiger partial charge in [-0.05, 0) is 18.2 Å². The first-order chi connectivity index (χ1) is 5.66. The van der Waals surface area contributed by atoms with Gasteiger partial charge in [-0.15, -0.1) is 0 Å². The number of rotatable bonds is 7. The summed E-state index contributed by atoms with van der Waals surface area (Å²) in [6.07, 6.45) is -0.186. The van der Waals surface area contributed by atoms with Crippen molar-refractivity contribution in [3.63, 3.8) is 0 Å². The van der Waals surface area contributed by atoms with E-state index in [1.165, 1.54) is 0 Å². The SMILES string of the molecule is CCNCC(O)CSCC(C)C. The Labute approximate surface area is 80.1 Å². The fraction of sp³-hybridized carbons (Fsp3) is 1.00. The van der Waals surface area contributed by atoms with Gasteiger partial charge in [-0.2, -0.15) is 11.8 Å². The van der Waals surface area contributed by atoms with E-state index in [1.807, 2.05) is 18.7 Å². The highest BCUT2D eigenvalue weighted by atomic mass is 32.2. The van der Waals surface area contributed by atoms with Crippen LogP contribution in [0.25, 0.3) is 0 Å². The van der Waals surface area contributed by atoms with Gasteiger partial charge in [0, 0.05) is 12.3 Å². The van der Waals surface area contributed by atoms with Crippen LogP contribution >= 0.6 is 11.8 Å². The van der Waals surface area contributed by atoms with Crippen molar-refractivity contribution < 1.29 is 5.11 Å². The molecule has 0 bridgehead atoms. The van der Waals surface area contributed by atoms with Crippen LogP contribution in [0.3, 0.4) is 0 Å². The van der Waals surface area contributed by atoms with Crippen molar-refractivity contribution in [1.82, 2.24) is 5.32 Å². The number of aliphatic hydroxyl groups is 1. The van der Waals surface area contributed by atoms with Gasteiger partial charge >= 0.3 is 0 Å². The molecular formula is C9H21NOS. The molecule has 0 aliphatic rings. The normalized spacial score (nSPS) is 13.8. The lowest BCUT2D eigenvalue weighted by molar-refractivity contribution is 0.197. The van der Waals surface area contributed by atoms with Gasteiger partial charge in [0.2, 0.25) is 0 Å². The van der Waals surface area contributed by atoms with Crippen molar-refractivity contribution in [2.75, 3.05) is 24.6 Å². The third kappa shape index (κ3) is 8.37. The summed E-state index contributed by atoms with van der Waals surface area (Å²) in [5, 5.41) is 12.5. The lowest BCUT2D eigenvalue weighted by atomic mass is 10.3. The summed E-state index contributed by atoms with van der Waals surface area (Å²) in [5.41, 5.74) is 0. The second-order valence-electron chi connectivity index (χ2n) is 3.39. The van der Waals surface area contributed by atoms with Gasteiger partial charge < -0.3 is 10.4 Å². The molecule has 0 heterocycles. The average Bonchev–Trinajstić information content (AvgIpc) is 2.00. The molecule has 0 spiro atoms. The predicted molar refractivity (Wildman–Crippen MR) is 56.7 cm³/mol. The Morgan fingerprint density at radius 2 is 2.00 bits per heavy atom. The van der Waals surface area contributed by atoms with Crippen LogP contribution in [0.15, 0.2) is 0 Å². The number of nitrogens with one attached hydrogen (secondary N) is 1. The quantitative estimate of drug-likeness (QED) is 0.637. The summed E-state index contributed by atoms with van der Waals surface area (Å²) in [6.45, 7) is 8.11. The summed E-state index contributed by atoms with van der Waals surface area (Å²) < 4.78 is 0. The third-order valence-corrected chi connectivity index (χ3v) is 2.91. The Balaban J connectivity index is 3.13. The monoisotopic (exact) mass is 191 g/mol. The summed E-state index contributed by atoms with van der Waals surface area (Å²) in [5.74, 6) is 2.72. The van der Waals surface area contributed by atoms with Crippen LogP contribution in [-0.4, -0.2) is 35.8 Å². The Morgan fingerprint density at radius 1 is 1.33 bits per heavy atom. The molecule has 0 aliphatic carbocycles. The molecule has 0 aliphatic heterocycles. The molecule has 12 heavy (non-hydrogen) atoms. The Kier molecular flexibility index (Phi) is 8.07. The second-order valence-corrected chi connectivity index (χ2v) is 4.47. The molecule has 74 valence electrons. The molecule has 0 aromatic carbocycles. The Morgan fingerprint density at radius 3 is 2.50 bits per heavy atom. The molecule has 2 nitrogen and oxygen atoms in total. The zero-order valence-electron chi connectivity index (χ0n) is 8.34. The zero-order valence-corrected chi connectivity index (χ0v) is 9.16. The fourth-order valence-electron chi connectivity index (χ4n) is 0.810. The molecule has 0 fully saturated rings. The van der Waals surface area contributed by atoms with Crippen LogP contribution in [0.5, 0.6) is 0 Å². The topological polar surface area (TPSA) is 32.3 Å². The maximum Gasteiger partial charge on any atom is 0.0754 e. The van der Waals surface area contributed by atoms with Gasteiger partial charge in [0.25, 0.3) is 0 Å². The number of aliphatic hydroxyl groups excluding tert-OH is 1. The standard InChI is InChI=1S/C9H21NOS/c1-4-10-5-9(11)7-12-6-8(2)3/h8-11H,4-7H2,1-3H3. The van der Waals surface area contributed by atoms with Crippen molar-refractivity contribution in [2.24, 2.45) is 5.92 Å². The maximum absolute atomic E-state index is 9.41. The van der Waals surface area contributed by atoms with Crippen LogP contribution in [0, 0.1) is 5.92 Å². The molecule has 0 saturated carbocycles. The highest BCUT2D eigenvalue weighted by Crippen LogP contribution is 2.08. The fourth-order valence-corrected chi connectivity index (χ4v) is 1.81. The van der Waals surface area contributed by atoms with Crippen molar-refractivity contribution in [3.8, 4) is 0 Å². The first-order valence-electron chi connectivity index (χ1n) is 4.63. The number of thioether (sulfide) groups is 1. The van der Waals surface area contributed by atoms with E-state index in [1.54, 1.807) is 0 Å². The van der Waals surface area contributed by atoms with Gasteiger partial charge in [-0.25, -0.2) is 0 Å². The molecular weight excluding hydrogens is 170 g/mol. The van der Waals surface area contributed by atoms with E-state index in [2.05, 4.69) is 19.2 Å². The smallest absolute Gasteiger partial charge is 0.0754 e. The largest absolute Gasteiger partial charge is 0.391 e. The van der Waals surface area contributed by atoms with Crippen LogP contribution < -0.4 is 5.32 Å². The lowest BCUT2D eigenvalue weighted by Gasteiger charge is -2.11. The van der Waals surface area contributed by atoms with Gasteiger partial charge in [-0.1, -0.05) is 20.8 Å². The molecule has 0 saturated heterocycles. The van der Waals surface area contributed by atoms with Crippen LogP contribution in [-0.2, 0) is 0 Å². The minimum Gasteiger partial charge on any atom is -0.391 e. The first kappa shape index (κ1) is 12.3. The van der Waals surface area contributed by atoms with Crippen molar-refractivity contribution in [2.45, 2.75) is 26.9 Å². The number of hydrogen-bond donors (Lipinski definition) is 2. The maximum atomic E-state index is 9.41. The van der Waals surface area contributed by atoms with E-state index in [0.717, 1.165) is 30.5 Å². The summed E-state index contributed by atoms with van der Waals surface area (Å²) in [4.78, 5) is 0. The first-order valence-corrected chi connectivity index (χ1v) is 5.78. The second kappa shape index (κ2) is 7.90. The van der Waals surface area contributed by atoms with Gasteiger partial charge in [0.1, 0.15) is 0 Å². The molecule has 0 rings (SSSR count). The van der Waals surface area contributed by atoms with Crippen molar-refractivity contribution in [1.29, 1.82) is 0 Å². The van der Waals surface area contributed by atoms with Gasteiger partial charge in [0.15, 0.2) is 0 Å². The van der Waals surface area contributed by atoms with E-state index in [9.17, 15) is 5.11 Å². The Bertz CT molecular complexity index is 98.5. The van der Waals surface area contributed by atoms with E-state index in [-0.39, 0.29) is 6.10 Å². The lowest BCUT2D eigenvalue weighted by Crippen LogP contribution is -2.28.